The van der Waals surface area contributed by atoms with Gasteiger partial charge in [-0.3, -0.25) is 0 Å². The van der Waals surface area contributed by atoms with Crippen LogP contribution in [0.15, 0.2) is 24.3 Å². The Labute approximate surface area is 156 Å². The molecule has 1 aliphatic rings. The Morgan fingerprint density at radius 2 is 2.04 bits per heavy atom. The molecule has 0 unspecified atom stereocenters. The summed E-state index contributed by atoms with van der Waals surface area (Å²) in [5.74, 6) is 0. The van der Waals surface area contributed by atoms with E-state index in [2.05, 4.69) is 10.6 Å². The summed E-state index contributed by atoms with van der Waals surface area (Å²) in [6, 6.07) is 3.66. The quantitative estimate of drug-likeness (QED) is 0.828. The maximum absolute atomic E-state index is 13.2. The van der Waals surface area contributed by atoms with Gasteiger partial charge in [0, 0.05) is 19.1 Å². The monoisotopic (exact) mass is 387 g/mol. The number of nitrogens with zero attached hydrogens (tertiary/aromatic N) is 1. The van der Waals surface area contributed by atoms with Crippen molar-refractivity contribution in [3.8, 4) is 0 Å². The molecular weight excluding hydrogens is 363 g/mol. The van der Waals surface area contributed by atoms with Crippen LogP contribution in [0.4, 0.5) is 22.8 Å². The lowest BCUT2D eigenvalue weighted by Crippen LogP contribution is -2.52. The number of piperidine rings is 1. The molecule has 0 bridgehead atoms. The number of alkyl carbamates (subject to hydrolysis) is 1. The van der Waals surface area contributed by atoms with Crippen LogP contribution in [-0.2, 0) is 10.9 Å². The number of rotatable bonds is 4. The van der Waals surface area contributed by atoms with Crippen LogP contribution in [0.2, 0.25) is 0 Å². The summed E-state index contributed by atoms with van der Waals surface area (Å²) in [5.41, 5.74) is -0.755. The molecule has 2 N–H and O–H groups in total. The van der Waals surface area contributed by atoms with Gasteiger partial charge in [-0.05, 0) is 38.3 Å². The number of amides is 3. The maximum atomic E-state index is 13.2. The van der Waals surface area contributed by atoms with Crippen molar-refractivity contribution in [1.29, 1.82) is 0 Å². The molecule has 3 amide bonds. The Morgan fingerprint density at radius 3 is 2.70 bits per heavy atom. The summed E-state index contributed by atoms with van der Waals surface area (Å²) in [5, 5.41) is 5.31. The molecule has 1 heterocycles. The number of hydrogen-bond donors (Lipinski definition) is 2. The van der Waals surface area contributed by atoms with Gasteiger partial charge in [0.05, 0.1) is 18.2 Å². The molecular formula is C18H24F3N3O3. The molecule has 1 fully saturated rings. The molecule has 1 aromatic rings. The van der Waals surface area contributed by atoms with E-state index in [4.69, 9.17) is 4.74 Å². The predicted molar refractivity (Wildman–Crippen MR) is 93.1 cm³/mol. The molecule has 1 aromatic carbocycles. The first kappa shape index (κ1) is 20.9. The average Bonchev–Trinajstić information content (AvgIpc) is 2.61. The minimum atomic E-state index is -4.49. The number of carbonyl (C=O) groups excluding carboxylic acids is 2. The van der Waals surface area contributed by atoms with Crippen molar-refractivity contribution in [3.63, 3.8) is 0 Å². The summed E-state index contributed by atoms with van der Waals surface area (Å²) in [6.07, 6.45) is -3.65. The summed E-state index contributed by atoms with van der Waals surface area (Å²) in [4.78, 5) is 25.5. The maximum Gasteiger partial charge on any atom is 0.416 e. The molecule has 6 nitrogen and oxygen atoms in total. The van der Waals surface area contributed by atoms with Crippen LogP contribution in [0.1, 0.15) is 43.9 Å². The lowest BCUT2D eigenvalue weighted by Gasteiger charge is -2.34. The molecule has 0 radical (unpaired) electrons. The van der Waals surface area contributed by atoms with Crippen molar-refractivity contribution in [2.24, 2.45) is 0 Å². The van der Waals surface area contributed by atoms with Gasteiger partial charge in [0.1, 0.15) is 0 Å². The van der Waals surface area contributed by atoms with Gasteiger partial charge in [-0.1, -0.05) is 18.2 Å². The number of carbonyl (C=O) groups is 2. The zero-order valence-corrected chi connectivity index (χ0v) is 15.3. The third kappa shape index (κ3) is 5.77. The first-order valence-corrected chi connectivity index (χ1v) is 8.87. The third-order valence-electron chi connectivity index (χ3n) is 4.38. The number of nitrogens with one attached hydrogen (secondary N) is 2. The van der Waals surface area contributed by atoms with Crippen LogP contribution < -0.4 is 10.6 Å². The van der Waals surface area contributed by atoms with E-state index >= 15 is 0 Å². The Kier molecular flexibility index (Phi) is 6.92. The van der Waals surface area contributed by atoms with Crippen LogP contribution in [0.3, 0.4) is 0 Å². The predicted octanol–water partition coefficient (Wildman–Crippen LogP) is 3.69. The van der Waals surface area contributed by atoms with E-state index in [-0.39, 0.29) is 24.8 Å². The number of ether oxygens (including phenoxy) is 1. The number of alkyl halides is 3. The Balaban J connectivity index is 1.99. The highest BCUT2D eigenvalue weighted by Gasteiger charge is 2.35. The standard InChI is InChI=1S/C18H24F3N3O3/c1-3-27-17(26)23-13-7-6-10-24(11-13)16(25)22-12(2)14-8-4-5-9-15(14)18(19,20)21/h4-5,8-9,12-13H,3,6-7,10-11H2,1-2H3,(H,22,25)(H,23,26)/t12-,13+/m0/s1. The zero-order valence-electron chi connectivity index (χ0n) is 15.3. The van der Waals surface area contributed by atoms with Crippen LogP contribution in [0, 0.1) is 0 Å². The fraction of sp³-hybridized carbons (Fsp3) is 0.556. The average molecular weight is 387 g/mol. The van der Waals surface area contributed by atoms with E-state index in [1.807, 2.05) is 0 Å². The van der Waals surface area contributed by atoms with E-state index in [0.29, 0.717) is 19.4 Å². The van der Waals surface area contributed by atoms with Crippen LogP contribution in [0.25, 0.3) is 0 Å². The summed E-state index contributed by atoms with van der Waals surface area (Å²) >= 11 is 0. The topological polar surface area (TPSA) is 70.7 Å². The van der Waals surface area contributed by atoms with Crippen molar-refractivity contribution in [2.45, 2.75) is 44.9 Å². The number of hydrogen-bond acceptors (Lipinski definition) is 3. The van der Waals surface area contributed by atoms with Gasteiger partial charge in [0.25, 0.3) is 0 Å². The SMILES string of the molecule is CCOC(=O)N[C@@H]1CCCN(C(=O)N[C@@H](C)c2ccccc2C(F)(F)F)C1. The van der Waals surface area contributed by atoms with Gasteiger partial charge in [-0.15, -0.1) is 0 Å². The second-order valence-corrected chi connectivity index (χ2v) is 6.41. The Bertz CT molecular complexity index is 667. The summed E-state index contributed by atoms with van der Waals surface area (Å²) < 4.78 is 44.3. The molecule has 150 valence electrons. The van der Waals surface area contributed by atoms with E-state index in [1.54, 1.807) is 6.92 Å². The van der Waals surface area contributed by atoms with Crippen molar-refractivity contribution < 1.29 is 27.5 Å². The highest BCUT2D eigenvalue weighted by atomic mass is 19.4. The third-order valence-corrected chi connectivity index (χ3v) is 4.38. The molecule has 0 saturated carbocycles. The molecule has 2 rings (SSSR count). The van der Waals surface area contributed by atoms with E-state index in [0.717, 1.165) is 6.07 Å². The summed E-state index contributed by atoms with van der Waals surface area (Å²) in [6.45, 7) is 4.21. The van der Waals surface area contributed by atoms with Gasteiger partial charge in [0.2, 0.25) is 0 Å². The van der Waals surface area contributed by atoms with Crippen LogP contribution >= 0.6 is 0 Å². The molecule has 1 aliphatic heterocycles. The smallest absolute Gasteiger partial charge is 0.416 e. The fourth-order valence-electron chi connectivity index (χ4n) is 3.11. The zero-order chi connectivity index (χ0) is 20.0. The Morgan fingerprint density at radius 1 is 1.33 bits per heavy atom. The molecule has 27 heavy (non-hydrogen) atoms. The molecule has 0 spiro atoms. The van der Waals surface area contributed by atoms with Crippen molar-refractivity contribution in [2.75, 3.05) is 19.7 Å². The van der Waals surface area contributed by atoms with Gasteiger partial charge in [0.15, 0.2) is 0 Å². The highest BCUT2D eigenvalue weighted by Crippen LogP contribution is 2.34. The number of benzene rings is 1. The fourth-order valence-corrected chi connectivity index (χ4v) is 3.11. The lowest BCUT2D eigenvalue weighted by molar-refractivity contribution is -0.138. The molecule has 2 atom stereocenters. The van der Waals surface area contributed by atoms with E-state index in [1.165, 1.54) is 30.0 Å². The van der Waals surface area contributed by atoms with E-state index in [9.17, 15) is 22.8 Å². The van der Waals surface area contributed by atoms with Crippen molar-refractivity contribution >= 4 is 12.1 Å². The number of halogens is 3. The molecule has 9 heteroatoms. The van der Waals surface area contributed by atoms with Crippen LogP contribution in [-0.4, -0.2) is 42.8 Å². The minimum Gasteiger partial charge on any atom is -0.450 e. The first-order valence-electron chi connectivity index (χ1n) is 8.87. The second-order valence-electron chi connectivity index (χ2n) is 6.41. The molecule has 0 aliphatic carbocycles. The number of urea groups is 1. The Hall–Kier alpha value is -2.45. The van der Waals surface area contributed by atoms with Gasteiger partial charge in [-0.25, -0.2) is 9.59 Å². The second kappa shape index (κ2) is 8.96. The molecule has 0 aromatic heterocycles. The molecule has 1 saturated heterocycles. The first-order chi connectivity index (χ1) is 12.7. The van der Waals surface area contributed by atoms with E-state index < -0.39 is 29.9 Å². The van der Waals surface area contributed by atoms with Crippen molar-refractivity contribution in [3.05, 3.63) is 35.4 Å². The van der Waals surface area contributed by atoms with Gasteiger partial charge < -0.3 is 20.3 Å². The van der Waals surface area contributed by atoms with Gasteiger partial charge >= 0.3 is 18.3 Å². The normalized spacial score (nSPS) is 18.6. The number of likely N-dealkylation sites (tertiary alicyclic amines) is 1. The van der Waals surface area contributed by atoms with Crippen LogP contribution in [0.5, 0.6) is 0 Å². The lowest BCUT2D eigenvalue weighted by atomic mass is 10.0. The minimum absolute atomic E-state index is 0.0107. The largest absolute Gasteiger partial charge is 0.450 e. The highest BCUT2D eigenvalue weighted by molar-refractivity contribution is 5.75. The van der Waals surface area contributed by atoms with Gasteiger partial charge in [-0.2, -0.15) is 13.2 Å². The summed E-state index contributed by atoms with van der Waals surface area (Å²) in [7, 11) is 0. The van der Waals surface area contributed by atoms with Crippen molar-refractivity contribution in [1.82, 2.24) is 15.5 Å².